The highest BCUT2D eigenvalue weighted by Gasteiger charge is 2.29. The molecular weight excluding hydrogens is 432 g/mol. The molecule has 7 heteroatoms. The van der Waals surface area contributed by atoms with Gasteiger partial charge in [-0.05, 0) is 54.2 Å². The normalized spacial score (nSPS) is 16.1. The second-order valence-electron chi connectivity index (χ2n) is 9.89. The summed E-state index contributed by atoms with van der Waals surface area (Å²) in [5.74, 6) is 0.796. The van der Waals surface area contributed by atoms with Crippen molar-refractivity contribution in [3.05, 3.63) is 59.2 Å². The molecule has 1 fully saturated rings. The number of likely N-dealkylation sites (tertiary alicyclic amines) is 1. The van der Waals surface area contributed by atoms with Crippen LogP contribution in [0.2, 0.25) is 0 Å². The predicted molar refractivity (Wildman–Crippen MR) is 129 cm³/mol. The third-order valence-electron chi connectivity index (χ3n) is 6.46. The summed E-state index contributed by atoms with van der Waals surface area (Å²) in [6.07, 6.45) is 1.20. The highest BCUT2D eigenvalue weighted by atomic mass is 16.6. The summed E-state index contributed by atoms with van der Waals surface area (Å²) in [7, 11) is 0. The molecule has 0 bridgehead atoms. The van der Waals surface area contributed by atoms with Crippen LogP contribution >= 0.6 is 0 Å². The van der Waals surface area contributed by atoms with Crippen molar-refractivity contribution < 1.29 is 23.9 Å². The van der Waals surface area contributed by atoms with Crippen LogP contribution in [0.15, 0.2) is 42.5 Å². The molecule has 0 saturated carbocycles. The first kappa shape index (κ1) is 23.8. The van der Waals surface area contributed by atoms with E-state index in [1.165, 1.54) is 0 Å². The number of rotatable bonds is 5. The molecule has 2 aliphatic rings. The predicted octanol–water partition coefficient (Wildman–Crippen LogP) is 3.61. The Bertz CT molecular complexity index is 1060. The van der Waals surface area contributed by atoms with Crippen molar-refractivity contribution in [3.8, 4) is 11.5 Å². The minimum Gasteiger partial charge on any atom is -0.486 e. The Morgan fingerprint density at radius 3 is 2.18 bits per heavy atom. The van der Waals surface area contributed by atoms with E-state index in [1.807, 2.05) is 12.1 Å². The lowest BCUT2D eigenvalue weighted by molar-refractivity contribution is -0.131. The second-order valence-corrected chi connectivity index (χ2v) is 9.89. The number of carbonyl (C=O) groups excluding carboxylic acids is 3. The molecule has 180 valence electrons. The van der Waals surface area contributed by atoms with E-state index in [9.17, 15) is 14.4 Å². The highest BCUT2D eigenvalue weighted by Crippen LogP contribution is 2.32. The monoisotopic (exact) mass is 464 g/mol. The van der Waals surface area contributed by atoms with Crippen LogP contribution < -0.4 is 14.8 Å². The molecule has 2 heterocycles. The smallest absolute Gasteiger partial charge is 0.251 e. The molecule has 2 aromatic carbocycles. The summed E-state index contributed by atoms with van der Waals surface area (Å²) in [5.41, 5.74) is 2.30. The van der Waals surface area contributed by atoms with Crippen LogP contribution in [-0.2, 0) is 10.2 Å². The van der Waals surface area contributed by atoms with Gasteiger partial charge in [-0.15, -0.1) is 0 Å². The third-order valence-corrected chi connectivity index (χ3v) is 6.46. The minimum atomic E-state index is -0.266. The summed E-state index contributed by atoms with van der Waals surface area (Å²) >= 11 is 0. The fourth-order valence-corrected chi connectivity index (χ4v) is 4.31. The zero-order valence-electron chi connectivity index (χ0n) is 20.1. The largest absolute Gasteiger partial charge is 0.486 e. The third kappa shape index (κ3) is 5.41. The van der Waals surface area contributed by atoms with Crippen molar-refractivity contribution in [2.24, 2.45) is 5.92 Å². The van der Waals surface area contributed by atoms with Crippen molar-refractivity contribution >= 4 is 17.6 Å². The molecule has 1 saturated heterocycles. The molecule has 0 unspecified atom stereocenters. The van der Waals surface area contributed by atoms with Gasteiger partial charge >= 0.3 is 0 Å². The fraction of sp³-hybridized carbons (Fsp3) is 0.444. The van der Waals surface area contributed by atoms with E-state index in [0.717, 1.165) is 5.56 Å². The number of benzene rings is 2. The summed E-state index contributed by atoms with van der Waals surface area (Å²) in [6, 6.07) is 12.8. The number of fused-ring (bicyclic) bond motifs is 1. The standard InChI is InChI=1S/C27H32N2O5/c1-27(2,3)21-7-4-19(5-8-21)26(32)28-17-24(30)29-12-10-18(11-13-29)25(31)20-6-9-22-23(16-20)34-15-14-33-22/h4-9,16,18H,10-15,17H2,1-3H3,(H,28,32). The average molecular weight is 465 g/mol. The van der Waals surface area contributed by atoms with Crippen LogP contribution in [0.5, 0.6) is 11.5 Å². The molecule has 0 radical (unpaired) electrons. The lowest BCUT2D eigenvalue weighted by Crippen LogP contribution is -2.45. The van der Waals surface area contributed by atoms with Gasteiger partial charge in [-0.2, -0.15) is 0 Å². The van der Waals surface area contributed by atoms with Gasteiger partial charge in [0.15, 0.2) is 17.3 Å². The van der Waals surface area contributed by atoms with Gasteiger partial charge in [0.1, 0.15) is 13.2 Å². The maximum absolute atomic E-state index is 13.0. The van der Waals surface area contributed by atoms with Crippen LogP contribution in [0.1, 0.15) is 59.9 Å². The Kier molecular flexibility index (Phi) is 6.91. The Hall–Kier alpha value is -3.35. The quantitative estimate of drug-likeness (QED) is 0.684. The molecule has 7 nitrogen and oxygen atoms in total. The van der Waals surface area contributed by atoms with Gasteiger partial charge < -0.3 is 19.7 Å². The van der Waals surface area contributed by atoms with Crippen molar-refractivity contribution in [1.29, 1.82) is 0 Å². The summed E-state index contributed by atoms with van der Waals surface area (Å²) in [6.45, 7) is 8.28. The van der Waals surface area contributed by atoms with E-state index >= 15 is 0 Å². The first-order valence-electron chi connectivity index (χ1n) is 11.8. The number of nitrogens with zero attached hydrogens (tertiary/aromatic N) is 1. The zero-order valence-corrected chi connectivity index (χ0v) is 20.1. The molecule has 34 heavy (non-hydrogen) atoms. The van der Waals surface area contributed by atoms with Gasteiger partial charge in [-0.1, -0.05) is 32.9 Å². The molecule has 0 atom stereocenters. The number of hydrogen-bond acceptors (Lipinski definition) is 5. The number of Topliss-reactive ketones (excluding diaryl/α,β-unsaturated/α-hetero) is 1. The Labute approximate surface area is 200 Å². The molecule has 2 amide bonds. The lowest BCUT2D eigenvalue weighted by Gasteiger charge is -2.31. The molecule has 0 aromatic heterocycles. The van der Waals surface area contributed by atoms with E-state index in [0.29, 0.717) is 61.8 Å². The van der Waals surface area contributed by atoms with E-state index < -0.39 is 0 Å². The van der Waals surface area contributed by atoms with Crippen molar-refractivity contribution in [1.82, 2.24) is 10.2 Å². The summed E-state index contributed by atoms with van der Waals surface area (Å²) in [4.78, 5) is 39.8. The molecular formula is C27H32N2O5. The van der Waals surface area contributed by atoms with Crippen LogP contribution in [0.4, 0.5) is 0 Å². The molecule has 0 aliphatic carbocycles. The van der Waals surface area contributed by atoms with E-state index in [1.54, 1.807) is 35.2 Å². The molecule has 0 spiro atoms. The van der Waals surface area contributed by atoms with Crippen LogP contribution in [0, 0.1) is 5.92 Å². The van der Waals surface area contributed by atoms with Crippen LogP contribution in [0.25, 0.3) is 0 Å². The highest BCUT2D eigenvalue weighted by molar-refractivity contribution is 5.99. The number of amides is 2. The molecule has 4 rings (SSSR count). The van der Waals surface area contributed by atoms with E-state index in [4.69, 9.17) is 9.47 Å². The minimum absolute atomic E-state index is 0.0145. The van der Waals surface area contributed by atoms with Crippen molar-refractivity contribution in [2.75, 3.05) is 32.8 Å². The van der Waals surface area contributed by atoms with E-state index in [-0.39, 0.29) is 35.5 Å². The van der Waals surface area contributed by atoms with Crippen molar-refractivity contribution in [3.63, 3.8) is 0 Å². The Balaban J connectivity index is 1.26. The Morgan fingerprint density at radius 2 is 1.53 bits per heavy atom. The van der Waals surface area contributed by atoms with Crippen LogP contribution in [-0.4, -0.2) is 55.3 Å². The van der Waals surface area contributed by atoms with Gasteiger partial charge in [-0.3, -0.25) is 14.4 Å². The second kappa shape index (κ2) is 9.87. The van der Waals surface area contributed by atoms with Crippen LogP contribution in [0.3, 0.4) is 0 Å². The number of piperidine rings is 1. The number of ether oxygens (including phenoxy) is 2. The zero-order chi connectivity index (χ0) is 24.3. The van der Waals surface area contributed by atoms with Gasteiger partial charge in [0.2, 0.25) is 5.91 Å². The molecule has 2 aliphatic heterocycles. The first-order valence-corrected chi connectivity index (χ1v) is 11.8. The first-order chi connectivity index (χ1) is 16.2. The maximum atomic E-state index is 13.0. The summed E-state index contributed by atoms with van der Waals surface area (Å²) in [5, 5.41) is 2.72. The molecule has 2 aromatic rings. The fourth-order valence-electron chi connectivity index (χ4n) is 4.31. The van der Waals surface area contributed by atoms with Gasteiger partial charge in [0, 0.05) is 30.1 Å². The SMILES string of the molecule is CC(C)(C)c1ccc(C(=O)NCC(=O)N2CCC(C(=O)c3ccc4c(c3)OCCO4)CC2)cc1. The average Bonchev–Trinajstić information content (AvgIpc) is 2.86. The number of nitrogens with one attached hydrogen (secondary N) is 1. The topological polar surface area (TPSA) is 84.9 Å². The van der Waals surface area contributed by atoms with Gasteiger partial charge in [-0.25, -0.2) is 0 Å². The van der Waals surface area contributed by atoms with E-state index in [2.05, 4.69) is 26.1 Å². The number of carbonyl (C=O) groups is 3. The van der Waals surface area contributed by atoms with Gasteiger partial charge in [0.25, 0.3) is 5.91 Å². The summed E-state index contributed by atoms with van der Waals surface area (Å²) < 4.78 is 11.1. The number of ketones is 1. The molecule has 1 N–H and O–H groups in total. The number of hydrogen-bond donors (Lipinski definition) is 1. The Morgan fingerprint density at radius 1 is 0.912 bits per heavy atom. The lowest BCUT2D eigenvalue weighted by atomic mass is 9.87. The maximum Gasteiger partial charge on any atom is 0.251 e. The van der Waals surface area contributed by atoms with Gasteiger partial charge in [0.05, 0.1) is 6.54 Å². The van der Waals surface area contributed by atoms with Crippen molar-refractivity contribution in [2.45, 2.75) is 39.0 Å².